The Morgan fingerprint density at radius 3 is 2.69 bits per heavy atom. The fraction of sp³-hybridized carbons (Fsp3) is 0.250. The van der Waals surface area contributed by atoms with E-state index in [2.05, 4.69) is 16.3 Å². The van der Waals surface area contributed by atoms with E-state index in [1.807, 2.05) is 11.4 Å². The van der Waals surface area contributed by atoms with Gasteiger partial charge in [-0.15, -0.1) is 11.3 Å². The Bertz CT molecular complexity index is 1340. The molecule has 0 bridgehead atoms. The van der Waals surface area contributed by atoms with Gasteiger partial charge in [-0.25, -0.2) is 13.4 Å². The molecule has 0 aliphatic heterocycles. The summed E-state index contributed by atoms with van der Waals surface area (Å²) in [7, 11) is -2.48. The molecule has 1 heterocycles. The van der Waals surface area contributed by atoms with Crippen molar-refractivity contribution in [3.8, 4) is 5.75 Å². The van der Waals surface area contributed by atoms with Crippen LogP contribution in [-0.2, 0) is 26.7 Å². The van der Waals surface area contributed by atoms with Gasteiger partial charge in [0.25, 0.3) is 10.0 Å². The molecule has 0 unspecified atom stereocenters. The standard InChI is InChI=1S/C24H22N2O4S2/c1-15(23-25-10-11-31-23)17-12-16(13-19-18(17)14-22(27)24(19)8-5-9-24)26-32(28,29)21-7-4-3-6-20(21)30-2/h3-4,6-7,10-13,26H,1,5,8-9,14H2,2H3. The second-order valence-corrected chi connectivity index (χ2v) is 10.7. The first-order valence-electron chi connectivity index (χ1n) is 10.3. The van der Waals surface area contributed by atoms with Crippen LogP contribution in [0.25, 0.3) is 5.57 Å². The molecule has 2 aliphatic rings. The molecule has 2 aromatic carbocycles. The van der Waals surface area contributed by atoms with E-state index in [0.29, 0.717) is 17.7 Å². The second kappa shape index (κ2) is 7.56. The Hall–Kier alpha value is -2.97. The number of para-hydroxylation sites is 1. The zero-order valence-corrected chi connectivity index (χ0v) is 19.2. The molecule has 1 saturated carbocycles. The SMILES string of the molecule is C=C(c1nccs1)c1cc(NS(=O)(=O)c2ccccc2OC)cc2c1CC(=O)C21CCC1. The van der Waals surface area contributed by atoms with E-state index in [0.717, 1.165) is 41.0 Å². The van der Waals surface area contributed by atoms with Crippen molar-refractivity contribution in [2.24, 2.45) is 0 Å². The molecule has 0 atom stereocenters. The summed E-state index contributed by atoms with van der Waals surface area (Å²) in [5.41, 5.74) is 3.23. The number of ether oxygens (including phenoxy) is 1. The minimum absolute atomic E-state index is 0.0535. The number of ketones is 1. The summed E-state index contributed by atoms with van der Waals surface area (Å²) in [6, 6.07) is 10.1. The summed E-state index contributed by atoms with van der Waals surface area (Å²) >= 11 is 1.46. The van der Waals surface area contributed by atoms with Crippen LogP contribution in [0, 0.1) is 0 Å². The van der Waals surface area contributed by atoms with Crippen molar-refractivity contribution < 1.29 is 17.9 Å². The Morgan fingerprint density at radius 2 is 2.03 bits per heavy atom. The number of hydrogen-bond donors (Lipinski definition) is 1. The lowest BCUT2D eigenvalue weighted by Crippen LogP contribution is -2.39. The van der Waals surface area contributed by atoms with Crippen LogP contribution in [0.3, 0.4) is 0 Å². The molecule has 0 radical (unpaired) electrons. The summed E-state index contributed by atoms with van der Waals surface area (Å²) in [5.74, 6) is 0.468. The third kappa shape index (κ3) is 3.17. The molecule has 32 heavy (non-hydrogen) atoms. The van der Waals surface area contributed by atoms with Crippen molar-refractivity contribution >= 4 is 38.4 Å². The predicted octanol–water partition coefficient (Wildman–Crippen LogP) is 4.56. The molecule has 0 amide bonds. The highest BCUT2D eigenvalue weighted by Gasteiger charge is 2.51. The number of nitrogens with zero attached hydrogens (tertiary/aromatic N) is 1. The van der Waals surface area contributed by atoms with E-state index in [-0.39, 0.29) is 16.4 Å². The molecule has 1 N–H and O–H groups in total. The van der Waals surface area contributed by atoms with E-state index >= 15 is 0 Å². The van der Waals surface area contributed by atoms with Crippen LogP contribution in [0.5, 0.6) is 5.75 Å². The number of carbonyl (C=O) groups excluding carboxylic acids is 1. The lowest BCUT2D eigenvalue weighted by atomic mass is 9.64. The van der Waals surface area contributed by atoms with Gasteiger partial charge in [0.15, 0.2) is 0 Å². The molecule has 164 valence electrons. The molecule has 1 spiro atoms. The molecule has 1 aromatic heterocycles. The van der Waals surface area contributed by atoms with Crippen LogP contribution in [0.15, 0.2) is 59.4 Å². The Morgan fingerprint density at radius 1 is 1.25 bits per heavy atom. The Labute approximate surface area is 191 Å². The van der Waals surface area contributed by atoms with E-state index < -0.39 is 15.4 Å². The van der Waals surface area contributed by atoms with Gasteiger partial charge in [0.1, 0.15) is 21.4 Å². The second-order valence-electron chi connectivity index (χ2n) is 8.16. The molecule has 1 fully saturated rings. The summed E-state index contributed by atoms with van der Waals surface area (Å²) in [5, 5.41) is 2.62. The zero-order valence-electron chi connectivity index (χ0n) is 17.6. The number of sulfonamides is 1. The number of Topliss-reactive ketones (excluding diaryl/α,β-unsaturated/α-hetero) is 1. The van der Waals surface area contributed by atoms with Crippen LogP contribution < -0.4 is 9.46 Å². The first-order valence-corrected chi connectivity index (χ1v) is 12.7. The summed E-state index contributed by atoms with van der Waals surface area (Å²) in [6.07, 6.45) is 4.63. The number of carbonyl (C=O) groups is 1. The number of fused-ring (bicyclic) bond motifs is 2. The van der Waals surface area contributed by atoms with Crippen molar-refractivity contribution in [1.29, 1.82) is 0 Å². The number of benzene rings is 2. The van der Waals surface area contributed by atoms with Gasteiger partial charge in [0, 0.05) is 29.3 Å². The molecule has 5 rings (SSSR count). The Kier molecular flexibility index (Phi) is 4.94. The average molecular weight is 467 g/mol. The minimum Gasteiger partial charge on any atom is -0.495 e. The van der Waals surface area contributed by atoms with E-state index in [9.17, 15) is 13.2 Å². The average Bonchev–Trinajstić information content (AvgIpc) is 3.38. The molecule has 0 saturated heterocycles. The van der Waals surface area contributed by atoms with Crippen molar-refractivity contribution in [1.82, 2.24) is 4.98 Å². The van der Waals surface area contributed by atoms with Crippen molar-refractivity contribution in [3.63, 3.8) is 0 Å². The van der Waals surface area contributed by atoms with E-state index in [1.54, 1.807) is 30.5 Å². The molecule has 8 heteroatoms. The third-order valence-electron chi connectivity index (χ3n) is 6.47. The van der Waals surface area contributed by atoms with Crippen LogP contribution in [0.1, 0.15) is 41.0 Å². The lowest BCUT2D eigenvalue weighted by molar-refractivity contribution is -0.125. The van der Waals surface area contributed by atoms with Gasteiger partial charge in [0.05, 0.1) is 12.5 Å². The van der Waals surface area contributed by atoms with Gasteiger partial charge in [0.2, 0.25) is 0 Å². The van der Waals surface area contributed by atoms with Gasteiger partial charge in [-0.05, 0) is 53.8 Å². The fourth-order valence-electron chi connectivity index (χ4n) is 4.71. The molecule has 3 aromatic rings. The fourth-order valence-corrected chi connectivity index (χ4v) is 6.55. The van der Waals surface area contributed by atoms with Crippen molar-refractivity contribution in [3.05, 3.63) is 76.3 Å². The molecule has 6 nitrogen and oxygen atoms in total. The van der Waals surface area contributed by atoms with Gasteiger partial charge >= 0.3 is 0 Å². The van der Waals surface area contributed by atoms with Gasteiger partial charge in [-0.3, -0.25) is 9.52 Å². The number of methoxy groups -OCH3 is 1. The summed E-state index contributed by atoms with van der Waals surface area (Å²) < 4.78 is 34.4. The van der Waals surface area contributed by atoms with Crippen molar-refractivity contribution in [2.75, 3.05) is 11.8 Å². The van der Waals surface area contributed by atoms with Gasteiger partial charge in [-0.1, -0.05) is 25.1 Å². The monoisotopic (exact) mass is 466 g/mol. The normalized spacial score (nSPS) is 16.5. The lowest BCUT2D eigenvalue weighted by Gasteiger charge is -2.38. The maximum atomic E-state index is 13.2. The van der Waals surface area contributed by atoms with Crippen LogP contribution in [-0.4, -0.2) is 26.3 Å². The van der Waals surface area contributed by atoms with Crippen LogP contribution >= 0.6 is 11.3 Å². The number of nitrogens with one attached hydrogen (secondary N) is 1. The predicted molar refractivity (Wildman–Crippen MR) is 125 cm³/mol. The topological polar surface area (TPSA) is 85.4 Å². The smallest absolute Gasteiger partial charge is 0.265 e. The Balaban J connectivity index is 1.63. The first kappa shape index (κ1) is 20.9. The number of thiazole rings is 1. The maximum Gasteiger partial charge on any atom is 0.265 e. The highest BCUT2D eigenvalue weighted by molar-refractivity contribution is 7.92. The van der Waals surface area contributed by atoms with Crippen LogP contribution in [0.4, 0.5) is 5.69 Å². The number of hydrogen-bond acceptors (Lipinski definition) is 6. The van der Waals surface area contributed by atoms with Gasteiger partial charge < -0.3 is 4.74 Å². The molecule has 2 aliphatic carbocycles. The largest absolute Gasteiger partial charge is 0.495 e. The van der Waals surface area contributed by atoms with E-state index in [1.165, 1.54) is 24.5 Å². The van der Waals surface area contributed by atoms with Crippen LogP contribution in [0.2, 0.25) is 0 Å². The van der Waals surface area contributed by atoms with Crippen molar-refractivity contribution in [2.45, 2.75) is 36.0 Å². The first-order chi connectivity index (χ1) is 15.4. The number of anilines is 1. The number of aromatic nitrogens is 1. The molecular weight excluding hydrogens is 444 g/mol. The zero-order chi connectivity index (χ0) is 22.5. The quantitative estimate of drug-likeness (QED) is 0.576. The minimum atomic E-state index is -3.91. The van der Waals surface area contributed by atoms with Gasteiger partial charge in [-0.2, -0.15) is 0 Å². The maximum absolute atomic E-state index is 13.2. The molecular formula is C24H22N2O4S2. The number of rotatable bonds is 6. The summed E-state index contributed by atoms with van der Waals surface area (Å²) in [6.45, 7) is 4.22. The van der Waals surface area contributed by atoms with E-state index in [4.69, 9.17) is 4.74 Å². The summed E-state index contributed by atoms with van der Waals surface area (Å²) in [4.78, 5) is 17.4. The highest BCUT2D eigenvalue weighted by atomic mass is 32.2. The third-order valence-corrected chi connectivity index (χ3v) is 8.72. The highest BCUT2D eigenvalue weighted by Crippen LogP contribution is 2.53.